The van der Waals surface area contributed by atoms with Crippen molar-refractivity contribution in [3.63, 3.8) is 0 Å². The number of ether oxygens (including phenoxy) is 1. The number of nitrogens with zero attached hydrogens (tertiary/aromatic N) is 1. The maximum Gasteiger partial charge on any atom is 0.269 e. The van der Waals surface area contributed by atoms with E-state index in [-0.39, 0.29) is 11.9 Å². The number of nitrogens with one attached hydrogen (secondary N) is 2. The van der Waals surface area contributed by atoms with Crippen molar-refractivity contribution in [2.45, 2.75) is 6.04 Å². The predicted molar refractivity (Wildman–Crippen MR) is 52.4 cm³/mol. The summed E-state index contributed by atoms with van der Waals surface area (Å²) in [7, 11) is 1.56. The van der Waals surface area contributed by atoms with Crippen molar-refractivity contribution < 1.29 is 9.53 Å². The summed E-state index contributed by atoms with van der Waals surface area (Å²) < 4.78 is 4.89. The zero-order chi connectivity index (χ0) is 10.4. The fourth-order valence-electron chi connectivity index (χ4n) is 0.971. The van der Waals surface area contributed by atoms with Crippen LogP contribution in [-0.2, 0) is 4.74 Å². The lowest BCUT2D eigenvalue weighted by Gasteiger charge is -2.13. The molecular formula is C8H12ClN3O2. The molecule has 0 aliphatic heterocycles. The number of alkyl halides is 1. The van der Waals surface area contributed by atoms with E-state index in [4.69, 9.17) is 16.3 Å². The Morgan fingerprint density at radius 1 is 1.86 bits per heavy atom. The predicted octanol–water partition coefficient (Wildman–Crippen LogP) is 0.393. The second kappa shape index (κ2) is 5.62. The fraction of sp³-hybridized carbons (Fsp3) is 0.500. The van der Waals surface area contributed by atoms with E-state index in [9.17, 15) is 4.79 Å². The molecule has 2 N–H and O–H groups in total. The minimum atomic E-state index is -0.231. The van der Waals surface area contributed by atoms with Crippen molar-refractivity contribution in [3.05, 3.63) is 18.0 Å². The molecule has 1 atom stereocenters. The van der Waals surface area contributed by atoms with Crippen molar-refractivity contribution in [3.8, 4) is 0 Å². The Morgan fingerprint density at radius 3 is 3.14 bits per heavy atom. The van der Waals surface area contributed by atoms with Gasteiger partial charge in [0.05, 0.1) is 12.6 Å². The number of rotatable bonds is 5. The van der Waals surface area contributed by atoms with Crippen LogP contribution < -0.4 is 5.32 Å². The Balaban J connectivity index is 2.47. The van der Waals surface area contributed by atoms with Gasteiger partial charge in [-0.1, -0.05) is 0 Å². The molecule has 0 aromatic carbocycles. The topological polar surface area (TPSA) is 67.0 Å². The van der Waals surface area contributed by atoms with Gasteiger partial charge in [0, 0.05) is 19.2 Å². The van der Waals surface area contributed by atoms with Gasteiger partial charge in [-0.05, 0) is 6.07 Å². The smallest absolute Gasteiger partial charge is 0.269 e. The summed E-state index contributed by atoms with van der Waals surface area (Å²) in [5, 5.41) is 8.94. The Kier molecular flexibility index (Phi) is 4.42. The maximum absolute atomic E-state index is 11.5. The molecule has 0 aliphatic rings. The van der Waals surface area contributed by atoms with Gasteiger partial charge in [-0.15, -0.1) is 11.6 Å². The zero-order valence-corrected chi connectivity index (χ0v) is 8.54. The molecule has 0 fully saturated rings. The van der Waals surface area contributed by atoms with Crippen molar-refractivity contribution >= 4 is 17.5 Å². The molecule has 1 rings (SSSR count). The number of carbonyl (C=O) groups excluding carboxylic acids is 1. The van der Waals surface area contributed by atoms with Gasteiger partial charge in [0.1, 0.15) is 5.69 Å². The number of methoxy groups -OCH3 is 1. The third-order valence-electron chi connectivity index (χ3n) is 1.63. The van der Waals surface area contributed by atoms with Crippen LogP contribution >= 0.6 is 11.6 Å². The molecule has 14 heavy (non-hydrogen) atoms. The van der Waals surface area contributed by atoms with Gasteiger partial charge in [0.25, 0.3) is 5.91 Å². The number of hydrogen-bond acceptors (Lipinski definition) is 3. The molecule has 5 nitrogen and oxygen atoms in total. The van der Waals surface area contributed by atoms with Crippen LogP contribution in [0, 0.1) is 0 Å². The van der Waals surface area contributed by atoms with E-state index in [1.54, 1.807) is 13.2 Å². The highest BCUT2D eigenvalue weighted by Crippen LogP contribution is 1.95. The largest absolute Gasteiger partial charge is 0.383 e. The van der Waals surface area contributed by atoms with Crippen molar-refractivity contribution in [1.29, 1.82) is 0 Å². The number of carbonyl (C=O) groups is 1. The monoisotopic (exact) mass is 217 g/mol. The van der Waals surface area contributed by atoms with Gasteiger partial charge in [-0.25, -0.2) is 0 Å². The SMILES string of the molecule is COCC(CCl)NC(=O)c1ccn[nH]1. The first kappa shape index (κ1) is 11.0. The summed E-state index contributed by atoms with van der Waals surface area (Å²) in [5.74, 6) is 0.0819. The van der Waals surface area contributed by atoms with Gasteiger partial charge in [-0.2, -0.15) is 5.10 Å². The van der Waals surface area contributed by atoms with E-state index in [0.29, 0.717) is 18.2 Å². The second-order valence-corrected chi connectivity index (χ2v) is 3.06. The number of H-pyrrole nitrogens is 1. The Labute approximate surface area is 86.8 Å². The first-order valence-corrected chi connectivity index (χ1v) is 4.66. The highest BCUT2D eigenvalue weighted by molar-refractivity contribution is 6.18. The molecule has 6 heteroatoms. The molecule has 1 unspecified atom stereocenters. The standard InChI is InChI=1S/C8H12ClN3O2/c1-14-5-6(4-9)11-8(13)7-2-3-10-12-7/h2-3,6H,4-5H2,1H3,(H,10,12)(H,11,13). The summed E-state index contributed by atoms with van der Waals surface area (Å²) in [6, 6.07) is 1.41. The van der Waals surface area contributed by atoms with Crippen LogP contribution in [0.2, 0.25) is 0 Å². The van der Waals surface area contributed by atoms with Crippen LogP contribution in [0.3, 0.4) is 0 Å². The quantitative estimate of drug-likeness (QED) is 0.702. The van der Waals surface area contributed by atoms with Crippen LogP contribution in [0.25, 0.3) is 0 Å². The lowest BCUT2D eigenvalue weighted by Crippen LogP contribution is -2.39. The molecule has 1 aromatic heterocycles. The highest BCUT2D eigenvalue weighted by Gasteiger charge is 2.13. The van der Waals surface area contributed by atoms with E-state index < -0.39 is 0 Å². The number of aromatic amines is 1. The number of aromatic nitrogens is 2. The van der Waals surface area contributed by atoms with Gasteiger partial charge in [0.2, 0.25) is 0 Å². The third-order valence-corrected chi connectivity index (χ3v) is 2.01. The van der Waals surface area contributed by atoms with Crippen LogP contribution in [0.5, 0.6) is 0 Å². The molecule has 78 valence electrons. The van der Waals surface area contributed by atoms with Gasteiger partial charge >= 0.3 is 0 Å². The Hall–Kier alpha value is -1.07. The first-order chi connectivity index (χ1) is 6.77. The van der Waals surface area contributed by atoms with E-state index in [2.05, 4.69) is 15.5 Å². The van der Waals surface area contributed by atoms with E-state index in [1.165, 1.54) is 6.20 Å². The lowest BCUT2D eigenvalue weighted by molar-refractivity contribution is 0.0902. The fourth-order valence-corrected chi connectivity index (χ4v) is 1.14. The van der Waals surface area contributed by atoms with E-state index in [0.717, 1.165) is 0 Å². The van der Waals surface area contributed by atoms with Gasteiger partial charge in [-0.3, -0.25) is 9.89 Å². The number of amides is 1. The first-order valence-electron chi connectivity index (χ1n) is 4.13. The summed E-state index contributed by atoms with van der Waals surface area (Å²) >= 11 is 5.63. The normalized spacial score (nSPS) is 12.4. The summed E-state index contributed by atoms with van der Waals surface area (Å²) in [6.07, 6.45) is 1.51. The van der Waals surface area contributed by atoms with Crippen molar-refractivity contribution in [2.24, 2.45) is 0 Å². The average molecular weight is 218 g/mol. The molecule has 1 aromatic rings. The summed E-state index contributed by atoms with van der Waals surface area (Å²) in [6.45, 7) is 0.392. The van der Waals surface area contributed by atoms with Crippen molar-refractivity contribution in [1.82, 2.24) is 15.5 Å². The Bertz CT molecular complexity index is 276. The van der Waals surface area contributed by atoms with E-state index in [1.807, 2.05) is 0 Å². The van der Waals surface area contributed by atoms with Crippen LogP contribution in [-0.4, -0.2) is 41.7 Å². The molecule has 0 saturated heterocycles. The molecule has 1 heterocycles. The maximum atomic E-state index is 11.5. The molecule has 0 radical (unpaired) electrons. The second-order valence-electron chi connectivity index (χ2n) is 2.75. The minimum absolute atomic E-state index is 0.183. The molecule has 0 aliphatic carbocycles. The summed E-state index contributed by atoms with van der Waals surface area (Å²) in [4.78, 5) is 11.5. The number of hydrogen-bond donors (Lipinski definition) is 2. The lowest BCUT2D eigenvalue weighted by atomic mass is 10.3. The summed E-state index contributed by atoms with van der Waals surface area (Å²) in [5.41, 5.74) is 0.413. The number of halogens is 1. The molecule has 0 bridgehead atoms. The van der Waals surface area contributed by atoms with Gasteiger partial charge < -0.3 is 10.1 Å². The molecular weight excluding hydrogens is 206 g/mol. The third kappa shape index (κ3) is 3.01. The minimum Gasteiger partial charge on any atom is -0.383 e. The van der Waals surface area contributed by atoms with Crippen LogP contribution in [0.4, 0.5) is 0 Å². The van der Waals surface area contributed by atoms with Crippen LogP contribution in [0.15, 0.2) is 12.3 Å². The van der Waals surface area contributed by atoms with E-state index >= 15 is 0 Å². The van der Waals surface area contributed by atoms with Crippen molar-refractivity contribution in [2.75, 3.05) is 19.6 Å². The van der Waals surface area contributed by atoms with Gasteiger partial charge in [0.15, 0.2) is 0 Å². The zero-order valence-electron chi connectivity index (χ0n) is 7.79. The average Bonchev–Trinajstić information content (AvgIpc) is 2.69. The Morgan fingerprint density at radius 2 is 2.64 bits per heavy atom. The molecule has 0 spiro atoms. The highest BCUT2D eigenvalue weighted by atomic mass is 35.5. The molecule has 1 amide bonds. The van der Waals surface area contributed by atoms with Crippen LogP contribution in [0.1, 0.15) is 10.5 Å². The molecule has 0 saturated carbocycles.